The SMILES string of the molecule is Cc1cc2c(nc(C(C)C3CC3)n2CCOCCN(C)S(C)(=O)=O)c(N)n1. The molecule has 0 radical (unpaired) electrons. The van der Waals surface area contributed by atoms with Gasteiger partial charge in [0.15, 0.2) is 5.82 Å². The minimum atomic E-state index is -3.17. The van der Waals surface area contributed by atoms with Crippen molar-refractivity contribution in [3.63, 3.8) is 0 Å². The van der Waals surface area contributed by atoms with Gasteiger partial charge in [0.1, 0.15) is 11.3 Å². The molecule has 1 unspecified atom stereocenters. The van der Waals surface area contributed by atoms with Gasteiger partial charge in [0.05, 0.1) is 25.0 Å². The Morgan fingerprint density at radius 3 is 2.70 bits per heavy atom. The van der Waals surface area contributed by atoms with Crippen molar-refractivity contribution in [3.05, 3.63) is 17.6 Å². The maximum absolute atomic E-state index is 11.4. The van der Waals surface area contributed by atoms with Gasteiger partial charge in [0.2, 0.25) is 10.0 Å². The standard InChI is InChI=1S/C18H29N5O3S/c1-12-11-15-16(17(19)20-12)21-18(13(2)14-5-6-14)23(15)8-10-26-9-7-22(3)27(4,24)25/h11,13-14H,5-10H2,1-4H3,(H2,19,20). The quantitative estimate of drug-likeness (QED) is 0.649. The van der Waals surface area contributed by atoms with Crippen LogP contribution in [0.1, 0.15) is 37.2 Å². The molecule has 9 heteroatoms. The first-order valence-corrected chi connectivity index (χ1v) is 11.2. The second-order valence-corrected chi connectivity index (χ2v) is 9.55. The lowest BCUT2D eigenvalue weighted by Crippen LogP contribution is -2.29. The van der Waals surface area contributed by atoms with Crippen molar-refractivity contribution in [2.24, 2.45) is 5.92 Å². The first kappa shape index (κ1) is 20.0. The molecule has 3 rings (SSSR count). The first-order valence-electron chi connectivity index (χ1n) is 9.30. The Balaban J connectivity index is 1.73. The smallest absolute Gasteiger partial charge is 0.211 e. The van der Waals surface area contributed by atoms with Crippen LogP contribution in [0.4, 0.5) is 5.82 Å². The zero-order chi connectivity index (χ0) is 19.8. The van der Waals surface area contributed by atoms with Crippen molar-refractivity contribution in [3.8, 4) is 0 Å². The lowest BCUT2D eigenvalue weighted by Gasteiger charge is -2.16. The number of pyridine rings is 1. The number of sulfonamides is 1. The minimum Gasteiger partial charge on any atom is -0.382 e. The number of rotatable bonds is 9. The summed E-state index contributed by atoms with van der Waals surface area (Å²) < 4.78 is 32.0. The average Bonchev–Trinajstić information content (AvgIpc) is 3.36. The number of aromatic nitrogens is 3. The first-order chi connectivity index (χ1) is 12.7. The zero-order valence-electron chi connectivity index (χ0n) is 16.5. The Morgan fingerprint density at radius 2 is 2.07 bits per heavy atom. The summed E-state index contributed by atoms with van der Waals surface area (Å²) in [6.45, 7) is 5.96. The van der Waals surface area contributed by atoms with Crippen LogP contribution >= 0.6 is 0 Å². The number of imidazole rings is 1. The Kier molecular flexibility index (Phi) is 5.73. The van der Waals surface area contributed by atoms with Gasteiger partial charge >= 0.3 is 0 Å². The number of nitrogens with two attached hydrogens (primary N) is 1. The van der Waals surface area contributed by atoms with Crippen LogP contribution in [0.3, 0.4) is 0 Å². The second-order valence-electron chi connectivity index (χ2n) is 7.46. The Morgan fingerprint density at radius 1 is 1.37 bits per heavy atom. The van der Waals surface area contributed by atoms with E-state index in [1.807, 2.05) is 13.0 Å². The molecular weight excluding hydrogens is 366 g/mol. The molecule has 8 nitrogen and oxygen atoms in total. The molecule has 2 heterocycles. The lowest BCUT2D eigenvalue weighted by molar-refractivity contribution is 0.119. The van der Waals surface area contributed by atoms with E-state index in [0.717, 1.165) is 22.6 Å². The van der Waals surface area contributed by atoms with Crippen molar-refractivity contribution in [1.29, 1.82) is 0 Å². The number of likely N-dealkylation sites (N-methyl/N-ethyl adjacent to an activating group) is 1. The third kappa shape index (κ3) is 4.59. The third-order valence-electron chi connectivity index (χ3n) is 5.23. The number of anilines is 1. The highest BCUT2D eigenvalue weighted by molar-refractivity contribution is 7.88. The van der Waals surface area contributed by atoms with Gasteiger partial charge in [-0.1, -0.05) is 6.92 Å². The van der Waals surface area contributed by atoms with Gasteiger partial charge in [-0.3, -0.25) is 0 Å². The maximum atomic E-state index is 11.4. The summed E-state index contributed by atoms with van der Waals surface area (Å²) in [6, 6.07) is 2.01. The van der Waals surface area contributed by atoms with Crippen LogP contribution in [0.2, 0.25) is 0 Å². The number of nitrogen functional groups attached to an aromatic ring is 1. The molecule has 1 aliphatic carbocycles. The highest BCUT2D eigenvalue weighted by atomic mass is 32.2. The van der Waals surface area contributed by atoms with Crippen molar-refractivity contribution >= 4 is 26.9 Å². The number of aryl methyl sites for hydroxylation is 1. The summed E-state index contributed by atoms with van der Waals surface area (Å²) in [7, 11) is -1.62. The van der Waals surface area contributed by atoms with E-state index in [9.17, 15) is 8.42 Å². The van der Waals surface area contributed by atoms with Gasteiger partial charge in [-0.05, 0) is 31.7 Å². The molecule has 2 aromatic rings. The van der Waals surface area contributed by atoms with Crippen LogP contribution in [-0.2, 0) is 21.3 Å². The molecule has 0 bridgehead atoms. The van der Waals surface area contributed by atoms with Gasteiger partial charge in [0, 0.05) is 31.7 Å². The highest BCUT2D eigenvalue weighted by Crippen LogP contribution is 2.42. The van der Waals surface area contributed by atoms with E-state index in [2.05, 4.69) is 16.5 Å². The van der Waals surface area contributed by atoms with Crippen molar-refractivity contribution in [2.45, 2.75) is 39.2 Å². The van der Waals surface area contributed by atoms with E-state index in [4.69, 9.17) is 15.5 Å². The Labute approximate surface area is 160 Å². The van der Waals surface area contributed by atoms with E-state index < -0.39 is 10.0 Å². The molecule has 27 heavy (non-hydrogen) atoms. The molecule has 1 atom stereocenters. The number of nitrogens with zero attached hydrogens (tertiary/aromatic N) is 4. The van der Waals surface area contributed by atoms with Gasteiger partial charge in [-0.15, -0.1) is 0 Å². The molecule has 0 amide bonds. The third-order valence-corrected chi connectivity index (χ3v) is 6.55. The predicted molar refractivity (Wildman–Crippen MR) is 106 cm³/mol. The summed E-state index contributed by atoms with van der Waals surface area (Å²) in [5.41, 5.74) is 8.70. The molecule has 0 aromatic carbocycles. The number of hydrogen-bond donors (Lipinski definition) is 1. The van der Waals surface area contributed by atoms with Crippen molar-refractivity contribution < 1.29 is 13.2 Å². The molecule has 2 N–H and O–H groups in total. The van der Waals surface area contributed by atoms with Crippen LogP contribution in [0, 0.1) is 12.8 Å². The molecule has 150 valence electrons. The Bertz CT molecular complexity index is 921. The summed E-state index contributed by atoms with van der Waals surface area (Å²) in [6.07, 6.45) is 3.67. The second kappa shape index (κ2) is 7.73. The van der Waals surface area contributed by atoms with E-state index in [1.165, 1.54) is 23.4 Å². The Hall–Kier alpha value is -1.71. The minimum absolute atomic E-state index is 0.338. The topological polar surface area (TPSA) is 103 Å². The zero-order valence-corrected chi connectivity index (χ0v) is 17.3. The van der Waals surface area contributed by atoms with Crippen LogP contribution in [-0.4, -0.2) is 60.3 Å². The van der Waals surface area contributed by atoms with Gasteiger partial charge in [-0.2, -0.15) is 0 Å². The summed E-state index contributed by atoms with van der Waals surface area (Å²) in [5.74, 6) is 2.54. The highest BCUT2D eigenvalue weighted by Gasteiger charge is 2.32. The fraction of sp³-hybridized carbons (Fsp3) is 0.667. The fourth-order valence-corrected chi connectivity index (χ4v) is 3.70. The van der Waals surface area contributed by atoms with Crippen LogP contribution in [0.5, 0.6) is 0 Å². The lowest BCUT2D eigenvalue weighted by atomic mass is 10.1. The van der Waals surface area contributed by atoms with Crippen LogP contribution in [0.15, 0.2) is 6.07 Å². The van der Waals surface area contributed by atoms with E-state index in [-0.39, 0.29) is 0 Å². The van der Waals surface area contributed by atoms with Gasteiger partial charge in [-0.25, -0.2) is 22.7 Å². The molecule has 0 aliphatic heterocycles. The van der Waals surface area contributed by atoms with E-state index in [0.29, 0.717) is 44.0 Å². The molecule has 0 spiro atoms. The largest absolute Gasteiger partial charge is 0.382 e. The summed E-state index contributed by atoms with van der Waals surface area (Å²) in [4.78, 5) is 9.14. The normalized spacial score (nSPS) is 16.3. The number of fused-ring (bicyclic) bond motifs is 1. The fourth-order valence-electron chi connectivity index (χ4n) is 3.30. The van der Waals surface area contributed by atoms with Gasteiger partial charge in [0.25, 0.3) is 0 Å². The van der Waals surface area contributed by atoms with Crippen LogP contribution < -0.4 is 5.73 Å². The molecule has 0 saturated heterocycles. The molecule has 2 aromatic heterocycles. The molecule has 1 aliphatic rings. The van der Waals surface area contributed by atoms with Crippen LogP contribution in [0.25, 0.3) is 11.0 Å². The van der Waals surface area contributed by atoms with Crippen molar-refractivity contribution in [1.82, 2.24) is 18.8 Å². The number of hydrogen-bond acceptors (Lipinski definition) is 6. The average molecular weight is 396 g/mol. The number of ether oxygens (including phenoxy) is 1. The maximum Gasteiger partial charge on any atom is 0.211 e. The molecule has 1 fully saturated rings. The molecular formula is C18H29N5O3S. The van der Waals surface area contributed by atoms with Gasteiger partial charge < -0.3 is 15.0 Å². The summed E-state index contributed by atoms with van der Waals surface area (Å²) in [5, 5.41) is 0. The summed E-state index contributed by atoms with van der Waals surface area (Å²) >= 11 is 0. The van der Waals surface area contributed by atoms with E-state index in [1.54, 1.807) is 7.05 Å². The van der Waals surface area contributed by atoms with E-state index >= 15 is 0 Å². The predicted octanol–water partition coefficient (Wildman–Crippen LogP) is 1.74. The molecule has 1 saturated carbocycles. The monoisotopic (exact) mass is 395 g/mol. The van der Waals surface area contributed by atoms with Crippen molar-refractivity contribution in [2.75, 3.05) is 38.8 Å².